The normalized spacial score (nSPS) is 11.5. The van der Waals surface area contributed by atoms with Crippen molar-refractivity contribution in [3.05, 3.63) is 24.3 Å². The third-order valence-electron chi connectivity index (χ3n) is 4.00. The lowest BCUT2D eigenvalue weighted by atomic mass is 9.93. The number of carbonyl (C=O) groups is 1. The van der Waals surface area contributed by atoms with Gasteiger partial charge in [-0.25, -0.2) is 8.42 Å². The van der Waals surface area contributed by atoms with Crippen LogP contribution in [0.5, 0.6) is 5.75 Å². The van der Waals surface area contributed by atoms with Crippen LogP contribution >= 0.6 is 12.4 Å². The van der Waals surface area contributed by atoms with Gasteiger partial charge in [0.2, 0.25) is 5.91 Å². The van der Waals surface area contributed by atoms with Gasteiger partial charge in [0.15, 0.2) is 9.84 Å². The summed E-state index contributed by atoms with van der Waals surface area (Å²) in [4.78, 5) is 12.2. The third kappa shape index (κ3) is 6.67. The van der Waals surface area contributed by atoms with Gasteiger partial charge in [-0.2, -0.15) is 0 Å². The van der Waals surface area contributed by atoms with E-state index in [9.17, 15) is 13.2 Å². The molecule has 3 N–H and O–H groups in total. The van der Waals surface area contributed by atoms with Crippen LogP contribution in [0.2, 0.25) is 0 Å². The van der Waals surface area contributed by atoms with Crippen molar-refractivity contribution in [2.24, 2.45) is 5.73 Å². The average molecular weight is 379 g/mol. The molecular weight excluding hydrogens is 352 g/mol. The Morgan fingerprint density at radius 2 is 1.75 bits per heavy atom. The fourth-order valence-corrected chi connectivity index (χ4v) is 2.80. The van der Waals surface area contributed by atoms with Crippen LogP contribution in [0.1, 0.15) is 33.1 Å². The van der Waals surface area contributed by atoms with Crippen molar-refractivity contribution in [2.75, 3.05) is 19.4 Å². The summed E-state index contributed by atoms with van der Waals surface area (Å²) >= 11 is 0. The van der Waals surface area contributed by atoms with E-state index in [4.69, 9.17) is 10.5 Å². The van der Waals surface area contributed by atoms with Gasteiger partial charge >= 0.3 is 0 Å². The molecule has 0 radical (unpaired) electrons. The van der Waals surface area contributed by atoms with E-state index >= 15 is 0 Å². The van der Waals surface area contributed by atoms with E-state index in [0.29, 0.717) is 12.3 Å². The monoisotopic (exact) mass is 378 g/mol. The van der Waals surface area contributed by atoms with Gasteiger partial charge in [0.05, 0.1) is 23.5 Å². The summed E-state index contributed by atoms with van der Waals surface area (Å²) in [5, 5.41) is 2.97. The van der Waals surface area contributed by atoms with Gasteiger partial charge in [0.1, 0.15) is 5.75 Å². The van der Waals surface area contributed by atoms with Crippen LogP contribution in [-0.2, 0) is 14.6 Å². The Kier molecular flexibility index (Phi) is 9.32. The highest BCUT2D eigenvalue weighted by Gasteiger charge is 2.25. The quantitative estimate of drug-likeness (QED) is 0.683. The van der Waals surface area contributed by atoms with Crippen LogP contribution in [0.25, 0.3) is 0 Å². The number of sulfone groups is 1. The highest BCUT2D eigenvalue weighted by atomic mass is 35.5. The van der Waals surface area contributed by atoms with Crippen LogP contribution in [-0.4, -0.2) is 39.3 Å². The van der Waals surface area contributed by atoms with E-state index in [1.807, 2.05) is 13.8 Å². The molecule has 0 aliphatic rings. The van der Waals surface area contributed by atoms with E-state index in [-0.39, 0.29) is 41.8 Å². The largest absolute Gasteiger partial charge is 0.493 e. The number of hydrogen-bond donors (Lipinski definition) is 2. The van der Waals surface area contributed by atoms with Crippen LogP contribution in [0.3, 0.4) is 0 Å². The van der Waals surface area contributed by atoms with Crippen LogP contribution in [0, 0.1) is 0 Å². The molecular formula is C16H27ClN2O4S. The molecule has 0 atom stereocenters. The molecule has 1 rings (SSSR count). The molecule has 6 nitrogen and oxygen atoms in total. The Morgan fingerprint density at radius 1 is 1.21 bits per heavy atom. The first-order valence-corrected chi connectivity index (χ1v) is 9.59. The van der Waals surface area contributed by atoms with Gasteiger partial charge in [-0.05, 0) is 37.1 Å². The minimum Gasteiger partial charge on any atom is -0.493 e. The fraction of sp³-hybridized carbons (Fsp3) is 0.562. The molecule has 0 fully saturated rings. The maximum absolute atomic E-state index is 12.0. The molecule has 0 saturated heterocycles. The SMILES string of the molecule is CCC(CC)(CN)NC(=O)CCOc1ccc(S(C)(=O)=O)cc1.Cl. The number of hydrogen-bond acceptors (Lipinski definition) is 5. The Balaban J connectivity index is 0.00000529. The summed E-state index contributed by atoms with van der Waals surface area (Å²) in [6.45, 7) is 4.62. The molecule has 0 aromatic heterocycles. The standard InChI is InChI=1S/C16H26N2O4S.ClH/c1-4-16(5-2,12-17)18-15(19)10-11-22-13-6-8-14(9-7-13)23(3,20)21;/h6-9H,4-5,10-12,17H2,1-3H3,(H,18,19);1H. The Morgan fingerprint density at radius 3 is 2.17 bits per heavy atom. The van der Waals surface area contributed by atoms with E-state index in [0.717, 1.165) is 19.1 Å². The van der Waals surface area contributed by atoms with Gasteiger partial charge in [-0.1, -0.05) is 13.8 Å². The Labute approximate surface area is 150 Å². The van der Waals surface area contributed by atoms with E-state index in [1.165, 1.54) is 12.1 Å². The third-order valence-corrected chi connectivity index (χ3v) is 5.13. The fourth-order valence-electron chi connectivity index (χ4n) is 2.17. The molecule has 0 unspecified atom stereocenters. The summed E-state index contributed by atoms with van der Waals surface area (Å²) in [5.41, 5.74) is 5.40. The lowest BCUT2D eigenvalue weighted by Crippen LogP contribution is -2.53. The smallest absolute Gasteiger partial charge is 0.223 e. The van der Waals surface area contributed by atoms with Crippen molar-refractivity contribution in [1.82, 2.24) is 5.32 Å². The number of rotatable bonds is 9. The molecule has 0 saturated carbocycles. The van der Waals surface area contributed by atoms with Crippen LogP contribution in [0.4, 0.5) is 0 Å². The molecule has 0 bridgehead atoms. The van der Waals surface area contributed by atoms with E-state index in [1.54, 1.807) is 12.1 Å². The second kappa shape index (κ2) is 9.86. The van der Waals surface area contributed by atoms with Crippen molar-refractivity contribution >= 4 is 28.2 Å². The molecule has 0 heterocycles. The molecule has 0 spiro atoms. The maximum Gasteiger partial charge on any atom is 0.223 e. The van der Waals surface area contributed by atoms with Gasteiger partial charge in [-0.3, -0.25) is 4.79 Å². The average Bonchev–Trinajstić information content (AvgIpc) is 2.52. The molecule has 1 amide bonds. The summed E-state index contributed by atoms with van der Waals surface area (Å²) in [6.07, 6.45) is 2.92. The number of benzene rings is 1. The number of nitrogens with two attached hydrogens (primary N) is 1. The van der Waals surface area contributed by atoms with Crippen LogP contribution < -0.4 is 15.8 Å². The predicted octanol–water partition coefficient (Wildman–Crippen LogP) is 1.91. The molecule has 1 aromatic rings. The minimum absolute atomic E-state index is 0. The summed E-state index contributed by atoms with van der Waals surface area (Å²) < 4.78 is 28.2. The molecule has 138 valence electrons. The summed E-state index contributed by atoms with van der Waals surface area (Å²) in [6, 6.07) is 6.13. The topological polar surface area (TPSA) is 98.5 Å². The first-order valence-electron chi connectivity index (χ1n) is 7.70. The Hall–Kier alpha value is -1.31. The molecule has 1 aromatic carbocycles. The number of nitrogens with one attached hydrogen (secondary N) is 1. The first kappa shape index (κ1) is 22.7. The number of amides is 1. The first-order chi connectivity index (χ1) is 10.8. The van der Waals surface area contributed by atoms with Gasteiger partial charge in [-0.15, -0.1) is 12.4 Å². The highest BCUT2D eigenvalue weighted by molar-refractivity contribution is 7.90. The van der Waals surface area contributed by atoms with Crippen molar-refractivity contribution < 1.29 is 17.9 Å². The zero-order valence-electron chi connectivity index (χ0n) is 14.4. The Bertz CT molecular complexity index is 605. The molecule has 0 aliphatic carbocycles. The molecule has 24 heavy (non-hydrogen) atoms. The minimum atomic E-state index is -3.21. The zero-order valence-corrected chi connectivity index (χ0v) is 16.0. The summed E-state index contributed by atoms with van der Waals surface area (Å²) in [5.74, 6) is 0.424. The second-order valence-corrected chi connectivity index (χ2v) is 7.60. The lowest BCUT2D eigenvalue weighted by molar-refractivity contribution is -0.123. The molecule has 0 aliphatic heterocycles. The lowest BCUT2D eigenvalue weighted by Gasteiger charge is -2.31. The van der Waals surface area contributed by atoms with Crippen molar-refractivity contribution in [3.63, 3.8) is 0 Å². The van der Waals surface area contributed by atoms with Gasteiger partial charge in [0.25, 0.3) is 0 Å². The maximum atomic E-state index is 12.0. The highest BCUT2D eigenvalue weighted by Crippen LogP contribution is 2.16. The number of halogens is 1. The van der Waals surface area contributed by atoms with Gasteiger partial charge in [0, 0.05) is 12.8 Å². The predicted molar refractivity (Wildman–Crippen MR) is 97.4 cm³/mol. The van der Waals surface area contributed by atoms with Crippen molar-refractivity contribution in [2.45, 2.75) is 43.5 Å². The van der Waals surface area contributed by atoms with Crippen LogP contribution in [0.15, 0.2) is 29.2 Å². The second-order valence-electron chi connectivity index (χ2n) is 5.58. The zero-order chi connectivity index (χ0) is 17.5. The van der Waals surface area contributed by atoms with Gasteiger partial charge < -0.3 is 15.8 Å². The van der Waals surface area contributed by atoms with E-state index < -0.39 is 9.84 Å². The van der Waals surface area contributed by atoms with E-state index in [2.05, 4.69) is 5.32 Å². The number of ether oxygens (including phenoxy) is 1. The van der Waals surface area contributed by atoms with Crippen molar-refractivity contribution in [1.29, 1.82) is 0 Å². The van der Waals surface area contributed by atoms with Crippen molar-refractivity contribution in [3.8, 4) is 5.75 Å². The molecule has 8 heteroatoms. The number of carbonyl (C=O) groups excluding carboxylic acids is 1. The summed E-state index contributed by atoms with van der Waals surface area (Å²) in [7, 11) is -3.21.